The number of benzene rings is 1. The molecule has 0 aliphatic carbocycles. The van der Waals surface area contributed by atoms with Crippen LogP contribution in [-0.4, -0.2) is 20.9 Å². The lowest BCUT2D eigenvalue weighted by molar-refractivity contribution is 0.287. The second-order valence-corrected chi connectivity index (χ2v) is 5.18. The van der Waals surface area contributed by atoms with E-state index < -0.39 is 0 Å². The van der Waals surface area contributed by atoms with Gasteiger partial charge in [-0.3, -0.25) is 0 Å². The highest BCUT2D eigenvalue weighted by Gasteiger charge is 2.23. The summed E-state index contributed by atoms with van der Waals surface area (Å²) in [5, 5.41) is 15.0. The Morgan fingerprint density at radius 3 is 2.25 bits per heavy atom. The predicted molar refractivity (Wildman–Crippen MR) is 82.3 cm³/mol. The van der Waals surface area contributed by atoms with Crippen LogP contribution in [0.25, 0.3) is 11.3 Å². The molecular formula is C16H24N4. The fourth-order valence-electron chi connectivity index (χ4n) is 2.60. The molecule has 0 radical (unpaired) electrons. The molecule has 0 saturated carbocycles. The molecule has 0 spiro atoms. The van der Waals surface area contributed by atoms with E-state index in [4.69, 9.17) is 0 Å². The van der Waals surface area contributed by atoms with E-state index in [-0.39, 0.29) is 5.54 Å². The highest BCUT2D eigenvalue weighted by atomic mass is 15.3. The van der Waals surface area contributed by atoms with Gasteiger partial charge in [0.05, 0.1) is 0 Å². The Balaban J connectivity index is 2.14. The first-order valence-electron chi connectivity index (χ1n) is 7.44. The fraction of sp³-hybridized carbons (Fsp3) is 0.500. The van der Waals surface area contributed by atoms with Crippen molar-refractivity contribution < 1.29 is 0 Å². The first-order valence-corrected chi connectivity index (χ1v) is 7.44. The zero-order valence-electron chi connectivity index (χ0n) is 12.6. The molecule has 20 heavy (non-hydrogen) atoms. The van der Waals surface area contributed by atoms with Crippen LogP contribution in [0.15, 0.2) is 30.3 Å². The zero-order chi connectivity index (χ0) is 14.4. The Morgan fingerprint density at radius 1 is 1.00 bits per heavy atom. The summed E-state index contributed by atoms with van der Waals surface area (Å²) in [6.07, 6.45) is 3.37. The number of aromatic nitrogens is 3. The first-order chi connectivity index (χ1) is 9.74. The second kappa shape index (κ2) is 6.66. The van der Waals surface area contributed by atoms with Crippen molar-refractivity contribution >= 4 is 0 Å². The van der Waals surface area contributed by atoms with Crippen molar-refractivity contribution in [2.24, 2.45) is 0 Å². The molecule has 4 heteroatoms. The largest absolute Gasteiger partial charge is 0.305 e. The normalized spacial score (nSPS) is 11.8. The smallest absolute Gasteiger partial charge is 0.117 e. The summed E-state index contributed by atoms with van der Waals surface area (Å²) in [6, 6.07) is 10.2. The molecule has 2 N–H and O–H groups in total. The van der Waals surface area contributed by atoms with Crippen molar-refractivity contribution in [1.29, 1.82) is 0 Å². The first kappa shape index (κ1) is 14.7. The predicted octanol–water partition coefficient (Wildman–Crippen LogP) is 3.53. The molecule has 0 fully saturated rings. The van der Waals surface area contributed by atoms with Gasteiger partial charge in [-0.2, -0.15) is 15.4 Å². The molecule has 1 aromatic carbocycles. The van der Waals surface area contributed by atoms with Crippen molar-refractivity contribution in [3.63, 3.8) is 0 Å². The minimum Gasteiger partial charge on any atom is -0.305 e. The van der Waals surface area contributed by atoms with Crippen LogP contribution in [0.1, 0.15) is 45.7 Å². The van der Waals surface area contributed by atoms with Crippen LogP contribution in [-0.2, 0) is 6.54 Å². The van der Waals surface area contributed by atoms with Crippen molar-refractivity contribution in [3.8, 4) is 11.3 Å². The summed E-state index contributed by atoms with van der Waals surface area (Å²) in [7, 11) is 0. The number of nitrogens with zero attached hydrogens (tertiary/aromatic N) is 2. The van der Waals surface area contributed by atoms with Gasteiger partial charge in [0.15, 0.2) is 0 Å². The van der Waals surface area contributed by atoms with Crippen molar-refractivity contribution in [1.82, 2.24) is 20.7 Å². The van der Waals surface area contributed by atoms with E-state index in [0.29, 0.717) is 0 Å². The van der Waals surface area contributed by atoms with Gasteiger partial charge in [-0.25, -0.2) is 0 Å². The molecule has 0 unspecified atom stereocenters. The van der Waals surface area contributed by atoms with Gasteiger partial charge in [-0.1, -0.05) is 51.1 Å². The van der Waals surface area contributed by atoms with Gasteiger partial charge in [0, 0.05) is 17.6 Å². The quantitative estimate of drug-likeness (QED) is 0.810. The van der Waals surface area contributed by atoms with E-state index in [2.05, 4.69) is 53.6 Å². The van der Waals surface area contributed by atoms with Gasteiger partial charge in [0.2, 0.25) is 0 Å². The van der Waals surface area contributed by atoms with E-state index >= 15 is 0 Å². The Morgan fingerprint density at radius 2 is 1.65 bits per heavy atom. The van der Waals surface area contributed by atoms with Crippen molar-refractivity contribution in [2.75, 3.05) is 0 Å². The summed E-state index contributed by atoms with van der Waals surface area (Å²) in [5.74, 6) is 0. The van der Waals surface area contributed by atoms with Crippen LogP contribution in [0.2, 0.25) is 0 Å². The Kier molecular flexibility index (Phi) is 4.90. The lowest BCUT2D eigenvalue weighted by Gasteiger charge is -2.31. The highest BCUT2D eigenvalue weighted by Crippen LogP contribution is 2.22. The van der Waals surface area contributed by atoms with Crippen molar-refractivity contribution in [3.05, 3.63) is 36.0 Å². The van der Waals surface area contributed by atoms with Crippen LogP contribution in [0.3, 0.4) is 0 Å². The Hall–Kier alpha value is -1.68. The van der Waals surface area contributed by atoms with Crippen LogP contribution < -0.4 is 5.32 Å². The summed E-state index contributed by atoms with van der Waals surface area (Å²) >= 11 is 0. The molecule has 0 atom stereocenters. The maximum atomic E-state index is 4.30. The molecule has 1 aromatic heterocycles. The number of H-pyrrole nitrogens is 1. The molecule has 1 heterocycles. The molecule has 0 saturated heterocycles. The molecule has 0 amide bonds. The van der Waals surface area contributed by atoms with Crippen LogP contribution in [0.5, 0.6) is 0 Å². The molecule has 2 rings (SSSR count). The average Bonchev–Trinajstić information content (AvgIpc) is 2.99. The highest BCUT2D eigenvalue weighted by molar-refractivity contribution is 5.60. The fourth-order valence-corrected chi connectivity index (χ4v) is 2.60. The molecular weight excluding hydrogens is 248 g/mol. The summed E-state index contributed by atoms with van der Waals surface area (Å²) in [4.78, 5) is 0. The third-order valence-corrected chi connectivity index (χ3v) is 4.33. The third-order valence-electron chi connectivity index (χ3n) is 4.33. The molecule has 2 aromatic rings. The van der Waals surface area contributed by atoms with Crippen molar-refractivity contribution in [2.45, 2.75) is 52.1 Å². The van der Waals surface area contributed by atoms with Gasteiger partial charge >= 0.3 is 0 Å². The Labute approximate surface area is 121 Å². The van der Waals surface area contributed by atoms with E-state index in [1.807, 2.05) is 18.2 Å². The van der Waals surface area contributed by atoms with E-state index in [1.165, 1.54) is 0 Å². The number of hydrogen-bond acceptors (Lipinski definition) is 3. The average molecular weight is 272 g/mol. The maximum Gasteiger partial charge on any atom is 0.117 e. The van der Waals surface area contributed by atoms with Gasteiger partial charge in [-0.15, -0.1) is 0 Å². The van der Waals surface area contributed by atoms with Gasteiger partial charge < -0.3 is 5.32 Å². The van der Waals surface area contributed by atoms with E-state index in [0.717, 1.165) is 42.8 Å². The number of rotatable bonds is 7. The molecule has 108 valence electrons. The number of hydrogen-bond donors (Lipinski definition) is 2. The minimum atomic E-state index is 0.201. The van der Waals surface area contributed by atoms with Gasteiger partial charge in [0.1, 0.15) is 11.4 Å². The van der Waals surface area contributed by atoms with E-state index in [9.17, 15) is 0 Å². The SMILES string of the molecule is CCC(CC)(CC)NCc1n[nH]nc1-c1ccccc1. The zero-order valence-corrected chi connectivity index (χ0v) is 12.6. The Bertz CT molecular complexity index is 506. The summed E-state index contributed by atoms with van der Waals surface area (Å²) < 4.78 is 0. The number of nitrogens with one attached hydrogen (secondary N) is 2. The number of aromatic amines is 1. The van der Waals surface area contributed by atoms with Crippen LogP contribution in [0, 0.1) is 0 Å². The lowest BCUT2D eigenvalue weighted by atomic mass is 9.89. The standard InChI is InChI=1S/C16H24N4/c1-4-16(5-2,6-3)17-12-14-15(19-20-18-14)13-10-8-7-9-11-13/h7-11,17H,4-6,12H2,1-3H3,(H,18,19,20). The lowest BCUT2D eigenvalue weighted by Crippen LogP contribution is -2.43. The summed E-state index contributed by atoms with van der Waals surface area (Å²) in [5.41, 5.74) is 3.23. The van der Waals surface area contributed by atoms with E-state index in [1.54, 1.807) is 0 Å². The molecule has 0 aliphatic rings. The van der Waals surface area contributed by atoms with Crippen LogP contribution in [0.4, 0.5) is 0 Å². The molecule has 0 aliphatic heterocycles. The van der Waals surface area contributed by atoms with Gasteiger partial charge in [-0.05, 0) is 19.3 Å². The molecule has 4 nitrogen and oxygen atoms in total. The monoisotopic (exact) mass is 272 g/mol. The molecule has 0 bridgehead atoms. The second-order valence-electron chi connectivity index (χ2n) is 5.18. The third kappa shape index (κ3) is 3.07. The summed E-state index contributed by atoms with van der Waals surface area (Å²) in [6.45, 7) is 7.46. The van der Waals surface area contributed by atoms with Gasteiger partial charge in [0.25, 0.3) is 0 Å². The topological polar surface area (TPSA) is 53.6 Å². The maximum absolute atomic E-state index is 4.30. The van der Waals surface area contributed by atoms with Crippen LogP contribution >= 0.6 is 0 Å². The minimum absolute atomic E-state index is 0.201.